The Hall–Kier alpha value is -3.67. The molecule has 1 N–H and O–H groups in total. The highest BCUT2D eigenvalue weighted by atomic mass is 16.5. The molecule has 0 aliphatic carbocycles. The summed E-state index contributed by atoms with van der Waals surface area (Å²) in [6.45, 7) is -0.534. The second-order valence-electron chi connectivity index (χ2n) is 6.10. The van der Waals surface area contributed by atoms with Crippen molar-refractivity contribution in [1.29, 1.82) is 0 Å². The molecule has 0 saturated heterocycles. The Bertz CT molecular complexity index is 1030. The van der Waals surface area contributed by atoms with Gasteiger partial charge in [-0.05, 0) is 28.5 Å². The van der Waals surface area contributed by atoms with Crippen LogP contribution in [-0.4, -0.2) is 31.5 Å². The van der Waals surface area contributed by atoms with E-state index in [1.807, 2.05) is 42.5 Å². The largest absolute Gasteiger partial charge is 0.496 e. The predicted octanol–water partition coefficient (Wildman–Crippen LogP) is 2.89. The fourth-order valence-corrected chi connectivity index (χ4v) is 2.77. The third-order valence-corrected chi connectivity index (χ3v) is 4.13. The van der Waals surface area contributed by atoms with Gasteiger partial charge in [0.2, 0.25) is 0 Å². The van der Waals surface area contributed by atoms with Crippen LogP contribution in [0.3, 0.4) is 0 Å². The quantitative estimate of drug-likeness (QED) is 0.668. The summed E-state index contributed by atoms with van der Waals surface area (Å²) in [6, 6.07) is 20.0. The van der Waals surface area contributed by atoms with Gasteiger partial charge in [0.25, 0.3) is 11.8 Å². The summed E-state index contributed by atoms with van der Waals surface area (Å²) in [7, 11) is 1.43. The molecule has 0 spiro atoms. The molecular formula is C22H19NO5. The number of rotatable bonds is 6. The number of hydrogen-bond acceptors (Lipinski definition) is 5. The van der Waals surface area contributed by atoms with E-state index in [4.69, 9.17) is 9.47 Å². The van der Waals surface area contributed by atoms with Gasteiger partial charge in [0.05, 0.1) is 19.1 Å². The van der Waals surface area contributed by atoms with Crippen molar-refractivity contribution in [3.8, 4) is 5.75 Å². The van der Waals surface area contributed by atoms with Crippen molar-refractivity contribution in [2.75, 3.05) is 13.7 Å². The SMILES string of the molecule is COc1ccccc1C(=O)NC(=O)COC(=O)Cc1ccc2ccccc2c1. The second-order valence-corrected chi connectivity index (χ2v) is 6.10. The number of hydrogen-bond donors (Lipinski definition) is 1. The third kappa shape index (κ3) is 4.73. The van der Waals surface area contributed by atoms with Crippen LogP contribution < -0.4 is 10.1 Å². The van der Waals surface area contributed by atoms with E-state index in [-0.39, 0.29) is 12.0 Å². The van der Waals surface area contributed by atoms with Gasteiger partial charge in [0.1, 0.15) is 5.75 Å². The number of carbonyl (C=O) groups excluding carboxylic acids is 3. The predicted molar refractivity (Wildman–Crippen MR) is 104 cm³/mol. The van der Waals surface area contributed by atoms with Gasteiger partial charge in [-0.3, -0.25) is 19.7 Å². The van der Waals surface area contributed by atoms with E-state index in [9.17, 15) is 14.4 Å². The van der Waals surface area contributed by atoms with Crippen LogP contribution in [0.5, 0.6) is 5.75 Å². The molecule has 3 aromatic carbocycles. The summed E-state index contributed by atoms with van der Waals surface area (Å²) in [4.78, 5) is 36.1. The summed E-state index contributed by atoms with van der Waals surface area (Å²) in [5, 5.41) is 4.28. The molecule has 28 heavy (non-hydrogen) atoms. The maximum atomic E-state index is 12.1. The summed E-state index contributed by atoms with van der Waals surface area (Å²) in [5.41, 5.74) is 1.01. The van der Waals surface area contributed by atoms with Crippen molar-refractivity contribution in [3.05, 3.63) is 77.9 Å². The van der Waals surface area contributed by atoms with Crippen molar-refractivity contribution >= 4 is 28.6 Å². The van der Waals surface area contributed by atoms with Crippen molar-refractivity contribution in [2.24, 2.45) is 0 Å². The van der Waals surface area contributed by atoms with Crippen LogP contribution in [0.25, 0.3) is 10.8 Å². The first kappa shape index (κ1) is 19.1. The molecule has 3 rings (SSSR count). The van der Waals surface area contributed by atoms with E-state index >= 15 is 0 Å². The maximum absolute atomic E-state index is 12.1. The molecule has 0 unspecified atom stereocenters. The molecule has 142 valence electrons. The Balaban J connectivity index is 1.52. The molecule has 6 heteroatoms. The zero-order valence-electron chi connectivity index (χ0n) is 15.3. The Morgan fingerprint density at radius 3 is 2.39 bits per heavy atom. The maximum Gasteiger partial charge on any atom is 0.310 e. The number of para-hydroxylation sites is 1. The van der Waals surface area contributed by atoms with Crippen LogP contribution in [0.4, 0.5) is 0 Å². The lowest BCUT2D eigenvalue weighted by molar-refractivity contribution is -0.147. The first-order valence-electron chi connectivity index (χ1n) is 8.67. The first-order valence-corrected chi connectivity index (χ1v) is 8.67. The van der Waals surface area contributed by atoms with E-state index in [2.05, 4.69) is 5.32 Å². The van der Waals surface area contributed by atoms with Gasteiger partial charge in [-0.25, -0.2) is 0 Å². The second kappa shape index (κ2) is 8.81. The number of fused-ring (bicyclic) bond motifs is 1. The van der Waals surface area contributed by atoms with Crippen molar-refractivity contribution < 1.29 is 23.9 Å². The Labute approximate surface area is 162 Å². The van der Waals surface area contributed by atoms with Gasteiger partial charge in [0, 0.05) is 0 Å². The van der Waals surface area contributed by atoms with E-state index < -0.39 is 24.4 Å². The smallest absolute Gasteiger partial charge is 0.310 e. The molecule has 0 aromatic heterocycles. The van der Waals surface area contributed by atoms with Gasteiger partial charge < -0.3 is 9.47 Å². The van der Waals surface area contributed by atoms with Gasteiger partial charge in [-0.1, -0.05) is 54.6 Å². The summed E-state index contributed by atoms with van der Waals surface area (Å²) in [5.74, 6) is -1.52. The van der Waals surface area contributed by atoms with E-state index in [0.29, 0.717) is 5.75 Å². The number of nitrogens with one attached hydrogen (secondary N) is 1. The molecule has 0 bridgehead atoms. The third-order valence-electron chi connectivity index (χ3n) is 4.13. The number of ether oxygens (including phenoxy) is 2. The average molecular weight is 377 g/mol. The molecule has 0 radical (unpaired) electrons. The molecule has 0 atom stereocenters. The number of imide groups is 1. The average Bonchev–Trinajstić information content (AvgIpc) is 2.72. The normalized spacial score (nSPS) is 10.3. The molecule has 0 aliphatic rings. The van der Waals surface area contributed by atoms with E-state index in [1.165, 1.54) is 13.2 Å². The number of esters is 1. The lowest BCUT2D eigenvalue weighted by Crippen LogP contribution is -2.34. The standard InChI is InChI=1S/C22H19NO5/c1-27-19-9-5-4-8-18(19)22(26)23-20(24)14-28-21(25)13-15-10-11-16-6-2-3-7-17(16)12-15/h2-12H,13-14H2,1H3,(H,23,24,26). The van der Waals surface area contributed by atoms with Crippen molar-refractivity contribution in [2.45, 2.75) is 6.42 Å². The minimum atomic E-state index is -0.706. The van der Waals surface area contributed by atoms with Crippen LogP contribution in [0.15, 0.2) is 66.7 Å². The highest BCUT2D eigenvalue weighted by molar-refractivity contribution is 6.06. The highest BCUT2D eigenvalue weighted by Gasteiger charge is 2.16. The van der Waals surface area contributed by atoms with Gasteiger partial charge >= 0.3 is 5.97 Å². The first-order chi connectivity index (χ1) is 13.6. The molecule has 0 fully saturated rings. The topological polar surface area (TPSA) is 81.7 Å². The number of amides is 2. The van der Waals surface area contributed by atoms with Crippen LogP contribution in [0.2, 0.25) is 0 Å². The molecule has 3 aromatic rings. The lowest BCUT2D eigenvalue weighted by Gasteiger charge is -2.09. The summed E-state index contributed by atoms with van der Waals surface area (Å²) >= 11 is 0. The van der Waals surface area contributed by atoms with Gasteiger partial charge in [-0.2, -0.15) is 0 Å². The Morgan fingerprint density at radius 1 is 0.893 bits per heavy atom. The van der Waals surface area contributed by atoms with Crippen molar-refractivity contribution in [1.82, 2.24) is 5.32 Å². The minimum absolute atomic E-state index is 0.0402. The van der Waals surface area contributed by atoms with Gasteiger partial charge in [-0.15, -0.1) is 0 Å². The number of benzene rings is 3. The fourth-order valence-electron chi connectivity index (χ4n) is 2.77. The molecule has 0 aliphatic heterocycles. The van der Waals surface area contributed by atoms with Crippen LogP contribution in [0.1, 0.15) is 15.9 Å². The number of carbonyl (C=O) groups is 3. The molecule has 6 nitrogen and oxygen atoms in total. The highest BCUT2D eigenvalue weighted by Crippen LogP contribution is 2.17. The monoisotopic (exact) mass is 377 g/mol. The fraction of sp³-hybridized carbons (Fsp3) is 0.136. The summed E-state index contributed by atoms with van der Waals surface area (Å²) < 4.78 is 10.1. The summed E-state index contributed by atoms with van der Waals surface area (Å²) in [6.07, 6.45) is 0.0402. The van der Waals surface area contributed by atoms with E-state index in [0.717, 1.165) is 16.3 Å². The van der Waals surface area contributed by atoms with Crippen molar-refractivity contribution in [3.63, 3.8) is 0 Å². The van der Waals surface area contributed by atoms with Crippen LogP contribution in [0, 0.1) is 0 Å². The number of methoxy groups -OCH3 is 1. The molecule has 0 saturated carbocycles. The van der Waals surface area contributed by atoms with Crippen LogP contribution in [-0.2, 0) is 20.7 Å². The minimum Gasteiger partial charge on any atom is -0.496 e. The molecule has 2 amide bonds. The Morgan fingerprint density at radius 2 is 1.61 bits per heavy atom. The van der Waals surface area contributed by atoms with Crippen LogP contribution >= 0.6 is 0 Å². The zero-order chi connectivity index (χ0) is 19.9. The van der Waals surface area contributed by atoms with Gasteiger partial charge in [0.15, 0.2) is 6.61 Å². The zero-order valence-corrected chi connectivity index (χ0v) is 15.3. The molecular weight excluding hydrogens is 358 g/mol. The molecule has 0 heterocycles. The lowest BCUT2D eigenvalue weighted by atomic mass is 10.1. The Kier molecular flexibility index (Phi) is 6.01. The van der Waals surface area contributed by atoms with E-state index in [1.54, 1.807) is 18.2 Å².